The zero-order chi connectivity index (χ0) is 18.1. The van der Waals surface area contributed by atoms with Crippen molar-refractivity contribution < 1.29 is 9.53 Å². The molecule has 1 N–H and O–H groups in total. The van der Waals surface area contributed by atoms with E-state index >= 15 is 0 Å². The van der Waals surface area contributed by atoms with Crippen LogP contribution in [0.2, 0.25) is 0 Å². The molecule has 0 unspecified atom stereocenters. The lowest BCUT2D eigenvalue weighted by Gasteiger charge is -2.56. The van der Waals surface area contributed by atoms with Crippen LogP contribution in [0.3, 0.4) is 0 Å². The summed E-state index contributed by atoms with van der Waals surface area (Å²) in [4.78, 5) is 15.5. The predicted molar refractivity (Wildman–Crippen MR) is 105 cm³/mol. The second kappa shape index (κ2) is 5.59. The number of halogens is 1. The van der Waals surface area contributed by atoms with Crippen molar-refractivity contribution in [2.45, 2.75) is 50.5 Å². The monoisotopic (exact) mass is 416 g/mol. The summed E-state index contributed by atoms with van der Waals surface area (Å²) >= 11 is 3.68. The molecule has 0 amide bonds. The standard InChI is InChI=1S/C21H25BrN2O2/c1-3-20-7-4-9-24-10-8-21(19(20)24)15-11-13(22)5-6-16(15)23-17(21)14(12-20)18(25)26-2/h5-6,11,19,23H,3-4,7-10,12H2,1-2H3/t19-,20-,21-/m0/s1. The highest BCUT2D eigenvalue weighted by Crippen LogP contribution is 2.65. The van der Waals surface area contributed by atoms with Gasteiger partial charge in [0.1, 0.15) is 0 Å². The second-order valence-electron chi connectivity index (χ2n) is 8.32. The van der Waals surface area contributed by atoms with Crippen molar-refractivity contribution in [1.82, 2.24) is 4.90 Å². The number of anilines is 1. The average molecular weight is 417 g/mol. The van der Waals surface area contributed by atoms with Crippen LogP contribution in [0.1, 0.15) is 44.6 Å². The summed E-state index contributed by atoms with van der Waals surface area (Å²) < 4.78 is 6.34. The minimum absolute atomic E-state index is 0.0999. The van der Waals surface area contributed by atoms with E-state index in [0.29, 0.717) is 6.04 Å². The van der Waals surface area contributed by atoms with Gasteiger partial charge in [0.05, 0.1) is 18.1 Å². The molecule has 0 saturated carbocycles. The van der Waals surface area contributed by atoms with Crippen molar-refractivity contribution >= 4 is 27.6 Å². The van der Waals surface area contributed by atoms with Gasteiger partial charge in [-0.2, -0.15) is 0 Å². The van der Waals surface area contributed by atoms with Gasteiger partial charge >= 0.3 is 5.97 Å². The highest BCUT2D eigenvalue weighted by atomic mass is 79.9. The fourth-order valence-corrected chi connectivity index (χ4v) is 6.86. The predicted octanol–water partition coefficient (Wildman–Crippen LogP) is 4.21. The molecule has 0 aromatic heterocycles. The third-order valence-electron chi connectivity index (χ3n) is 7.46. The Morgan fingerprint density at radius 3 is 3.00 bits per heavy atom. The molecule has 5 rings (SSSR count). The summed E-state index contributed by atoms with van der Waals surface area (Å²) in [5.41, 5.74) is 4.57. The van der Waals surface area contributed by atoms with Crippen LogP contribution >= 0.6 is 15.9 Å². The first-order chi connectivity index (χ1) is 12.6. The Kier molecular flexibility index (Phi) is 3.61. The van der Waals surface area contributed by atoms with E-state index in [9.17, 15) is 4.79 Å². The zero-order valence-corrected chi connectivity index (χ0v) is 17.0. The van der Waals surface area contributed by atoms with Gasteiger partial charge in [-0.3, -0.25) is 4.90 Å². The Bertz CT molecular complexity index is 835. The number of methoxy groups -OCH3 is 1. The van der Waals surface area contributed by atoms with E-state index in [1.807, 2.05) is 0 Å². The molecule has 0 radical (unpaired) electrons. The van der Waals surface area contributed by atoms with E-state index in [1.54, 1.807) is 0 Å². The lowest BCUT2D eigenvalue weighted by molar-refractivity contribution is -0.137. The SMILES string of the molecule is CC[C@]12CCCN3CC[C@]4(C(=C(C(=O)OC)C1)Nc1ccc(Br)cc14)[C@@H]32. The van der Waals surface area contributed by atoms with Crippen LogP contribution in [-0.2, 0) is 14.9 Å². The Morgan fingerprint density at radius 2 is 2.23 bits per heavy atom. The second-order valence-corrected chi connectivity index (χ2v) is 9.23. The largest absolute Gasteiger partial charge is 0.466 e. The first-order valence-electron chi connectivity index (χ1n) is 9.69. The van der Waals surface area contributed by atoms with Crippen molar-refractivity contribution in [1.29, 1.82) is 0 Å². The molecular weight excluding hydrogens is 392 g/mol. The lowest BCUT2D eigenvalue weighted by atomic mass is 9.53. The topological polar surface area (TPSA) is 41.6 Å². The van der Waals surface area contributed by atoms with Crippen molar-refractivity contribution in [3.63, 3.8) is 0 Å². The van der Waals surface area contributed by atoms with Crippen molar-refractivity contribution in [3.8, 4) is 0 Å². The zero-order valence-electron chi connectivity index (χ0n) is 15.4. The Balaban J connectivity index is 1.82. The number of benzene rings is 1. The maximum Gasteiger partial charge on any atom is 0.335 e. The van der Waals surface area contributed by atoms with E-state index < -0.39 is 0 Å². The van der Waals surface area contributed by atoms with Gasteiger partial charge in [0.25, 0.3) is 0 Å². The number of hydrogen-bond donors (Lipinski definition) is 1. The highest BCUT2D eigenvalue weighted by Gasteiger charge is 2.66. The van der Waals surface area contributed by atoms with Crippen molar-refractivity contribution in [2.24, 2.45) is 5.41 Å². The summed E-state index contributed by atoms with van der Waals surface area (Å²) in [7, 11) is 1.51. The first-order valence-corrected chi connectivity index (χ1v) is 10.5. The molecule has 4 aliphatic rings. The van der Waals surface area contributed by atoms with E-state index in [4.69, 9.17) is 4.74 Å². The molecule has 26 heavy (non-hydrogen) atoms. The Hall–Kier alpha value is -1.33. The van der Waals surface area contributed by atoms with Crippen LogP contribution in [0, 0.1) is 5.41 Å². The minimum atomic E-state index is -0.158. The molecule has 2 fully saturated rings. The maximum atomic E-state index is 12.8. The number of nitrogens with zero attached hydrogens (tertiary/aromatic N) is 1. The Labute approximate surface area is 163 Å². The molecule has 3 atom stereocenters. The normalized spacial score (nSPS) is 34.8. The first kappa shape index (κ1) is 16.8. The Morgan fingerprint density at radius 1 is 1.38 bits per heavy atom. The van der Waals surface area contributed by atoms with Crippen LogP contribution in [0.15, 0.2) is 33.9 Å². The lowest BCUT2D eigenvalue weighted by Crippen LogP contribution is -2.59. The third-order valence-corrected chi connectivity index (χ3v) is 7.95. The molecule has 3 heterocycles. The number of carbonyl (C=O) groups excluding carboxylic acids is 1. The van der Waals surface area contributed by atoms with Gasteiger partial charge in [0.15, 0.2) is 0 Å². The quantitative estimate of drug-likeness (QED) is 0.733. The molecule has 0 bridgehead atoms. The van der Waals surface area contributed by atoms with Gasteiger partial charge in [-0.1, -0.05) is 22.9 Å². The van der Waals surface area contributed by atoms with Gasteiger partial charge in [0, 0.05) is 21.9 Å². The number of ether oxygens (including phenoxy) is 1. The van der Waals surface area contributed by atoms with E-state index in [0.717, 1.165) is 47.2 Å². The molecule has 1 aliphatic carbocycles. The number of nitrogens with one attached hydrogen (secondary N) is 1. The van der Waals surface area contributed by atoms with Gasteiger partial charge in [-0.15, -0.1) is 0 Å². The molecule has 1 spiro atoms. The minimum Gasteiger partial charge on any atom is -0.466 e. The number of fused-ring (bicyclic) bond motifs is 1. The number of esters is 1. The molecule has 138 valence electrons. The van der Waals surface area contributed by atoms with Crippen LogP contribution in [0.5, 0.6) is 0 Å². The number of hydrogen-bond acceptors (Lipinski definition) is 4. The molecule has 1 aromatic rings. The van der Waals surface area contributed by atoms with Crippen LogP contribution in [-0.4, -0.2) is 37.1 Å². The molecular formula is C21H25BrN2O2. The molecule has 1 aromatic carbocycles. The fourth-order valence-electron chi connectivity index (χ4n) is 6.50. The smallest absolute Gasteiger partial charge is 0.335 e. The van der Waals surface area contributed by atoms with Crippen LogP contribution < -0.4 is 5.32 Å². The summed E-state index contributed by atoms with van der Waals surface area (Å²) in [6, 6.07) is 6.97. The number of carbonyl (C=O) groups is 1. The molecule has 2 saturated heterocycles. The van der Waals surface area contributed by atoms with Crippen molar-refractivity contribution in [2.75, 3.05) is 25.5 Å². The summed E-state index contributed by atoms with van der Waals surface area (Å²) in [5.74, 6) is -0.158. The number of rotatable bonds is 2. The summed E-state index contributed by atoms with van der Waals surface area (Å²) in [6.07, 6.45) is 5.43. The highest BCUT2D eigenvalue weighted by molar-refractivity contribution is 9.10. The third kappa shape index (κ3) is 1.91. The summed E-state index contributed by atoms with van der Waals surface area (Å²) in [6.45, 7) is 4.59. The van der Waals surface area contributed by atoms with Crippen LogP contribution in [0.4, 0.5) is 5.69 Å². The molecule has 5 heteroatoms. The summed E-state index contributed by atoms with van der Waals surface area (Å²) in [5, 5.41) is 3.65. The maximum absolute atomic E-state index is 12.8. The van der Waals surface area contributed by atoms with Gasteiger partial charge in [-0.25, -0.2) is 4.79 Å². The van der Waals surface area contributed by atoms with E-state index in [1.165, 1.54) is 32.1 Å². The van der Waals surface area contributed by atoms with Crippen molar-refractivity contribution in [3.05, 3.63) is 39.5 Å². The number of piperidine rings is 1. The van der Waals surface area contributed by atoms with Gasteiger partial charge < -0.3 is 10.1 Å². The van der Waals surface area contributed by atoms with E-state index in [2.05, 4.69) is 51.3 Å². The molecule has 3 aliphatic heterocycles. The average Bonchev–Trinajstić information content (AvgIpc) is 3.21. The van der Waals surface area contributed by atoms with Crippen LogP contribution in [0.25, 0.3) is 0 Å². The fraction of sp³-hybridized carbons (Fsp3) is 0.571. The molecule has 4 nitrogen and oxygen atoms in total. The van der Waals surface area contributed by atoms with Gasteiger partial charge in [-0.05, 0) is 74.4 Å². The van der Waals surface area contributed by atoms with E-state index in [-0.39, 0.29) is 16.8 Å². The van der Waals surface area contributed by atoms with Gasteiger partial charge in [0.2, 0.25) is 0 Å².